The second kappa shape index (κ2) is 18.6. The Kier molecular flexibility index (Phi) is 17.3. The van der Waals surface area contributed by atoms with Gasteiger partial charge in [-0.05, 0) is 23.3 Å². The molecule has 8 N–H and O–H groups in total. The highest BCUT2D eigenvalue weighted by Gasteiger charge is 2.16. The number of hydrogen-bond donors (Lipinski definition) is 6. The number of methoxy groups -OCH3 is 1. The van der Waals surface area contributed by atoms with Crippen molar-refractivity contribution in [3.8, 4) is 0 Å². The number of H-pyrrole nitrogens is 2. The number of fused-ring (bicyclic) bond motifs is 2. The number of rotatable bonds is 6. The van der Waals surface area contributed by atoms with E-state index in [0.717, 1.165) is 40.0 Å². The molecule has 2 heterocycles. The normalized spacial score (nSPS) is 11.5. The van der Waals surface area contributed by atoms with Crippen LogP contribution in [0.1, 0.15) is 11.1 Å². The van der Waals surface area contributed by atoms with Gasteiger partial charge in [-0.25, -0.2) is 4.21 Å². The van der Waals surface area contributed by atoms with Crippen LogP contribution in [0.25, 0.3) is 21.8 Å². The molecule has 2 aromatic heterocycles. The van der Waals surface area contributed by atoms with Gasteiger partial charge in [0.15, 0.2) is 0 Å². The molecule has 4 rings (SSSR count). The fraction of sp³-hybridized carbons (Fsp3) is 0.250. The number of hydrogen-bond acceptors (Lipinski definition) is 7. The van der Waals surface area contributed by atoms with Crippen molar-refractivity contribution < 1.29 is 28.7 Å². The molecular weight excluding hydrogens is 579 g/mol. The lowest BCUT2D eigenvalue weighted by molar-refractivity contribution is -0.142. The monoisotopic (exact) mass is 608 g/mol. The lowest BCUT2D eigenvalue weighted by atomic mass is 10.1. The van der Waals surface area contributed by atoms with E-state index < -0.39 is 27.3 Å². The molecule has 0 saturated carbocycles. The van der Waals surface area contributed by atoms with Gasteiger partial charge in [0.2, 0.25) is 9.23 Å². The summed E-state index contributed by atoms with van der Waals surface area (Å²) >= 11 is 0. The molecule has 0 aliphatic rings. The number of nitrogens with two attached hydrogens (primary N) is 2. The summed E-state index contributed by atoms with van der Waals surface area (Å²) in [5.41, 5.74) is 15.2. The van der Waals surface area contributed by atoms with Crippen LogP contribution in [0.2, 0.25) is 0 Å². The Labute approximate surface area is 237 Å². The van der Waals surface area contributed by atoms with E-state index in [1.165, 1.54) is 7.11 Å². The van der Waals surface area contributed by atoms with Crippen molar-refractivity contribution in [2.75, 3.05) is 14.2 Å². The zero-order valence-electron chi connectivity index (χ0n) is 20.6. The summed E-state index contributed by atoms with van der Waals surface area (Å²) in [6.45, 7) is 0. The summed E-state index contributed by atoms with van der Waals surface area (Å²) in [5, 5.41) is 17.9. The Morgan fingerprint density at radius 3 is 1.63 bits per heavy atom. The van der Waals surface area contributed by atoms with Gasteiger partial charge in [-0.15, -0.1) is 12.4 Å². The minimum absolute atomic E-state index is 0. The van der Waals surface area contributed by atoms with Crippen LogP contribution in [-0.2, 0) is 36.4 Å². The number of aliphatic carboxylic acids is 1. The van der Waals surface area contributed by atoms with Crippen molar-refractivity contribution in [2.45, 2.75) is 24.9 Å². The van der Waals surface area contributed by atoms with E-state index in [4.69, 9.17) is 25.9 Å². The zero-order chi connectivity index (χ0) is 28.0. The van der Waals surface area contributed by atoms with Crippen LogP contribution in [0, 0.1) is 0 Å². The smallest absolute Gasteiger partial charge is 0.322 e. The van der Waals surface area contributed by atoms with E-state index >= 15 is 0 Å². The Morgan fingerprint density at radius 1 is 0.895 bits per heavy atom. The second-order valence-corrected chi connectivity index (χ2v) is 9.91. The summed E-state index contributed by atoms with van der Waals surface area (Å²) < 4.78 is 13.7. The van der Waals surface area contributed by atoms with Gasteiger partial charge in [-0.2, -0.15) is 0 Å². The number of carboxylic acid groups (broad SMARTS) is 1. The highest BCUT2D eigenvalue weighted by Crippen LogP contribution is 2.19. The molecule has 2 atom stereocenters. The number of carbonyl (C=O) groups is 2. The first kappa shape index (κ1) is 35.4. The van der Waals surface area contributed by atoms with Crippen molar-refractivity contribution in [3.63, 3.8) is 0 Å². The Hall–Kier alpha value is -2.64. The van der Waals surface area contributed by atoms with Crippen molar-refractivity contribution in [1.29, 1.82) is 0 Å². The predicted molar refractivity (Wildman–Crippen MR) is 155 cm³/mol. The number of aromatic amines is 2. The minimum Gasteiger partial charge on any atom is -0.480 e. The molecule has 0 spiro atoms. The maximum Gasteiger partial charge on any atom is 0.322 e. The molecule has 0 amide bonds. The molecule has 210 valence electrons. The van der Waals surface area contributed by atoms with Gasteiger partial charge in [0.05, 0.1) is 7.11 Å². The number of benzene rings is 2. The third kappa shape index (κ3) is 11.4. The fourth-order valence-corrected chi connectivity index (χ4v) is 3.40. The number of aliphatic hydroxyl groups excluding tert-OH is 1. The summed E-state index contributed by atoms with van der Waals surface area (Å²) in [6.07, 6.45) is 4.52. The number of para-hydroxylation sites is 2. The van der Waals surface area contributed by atoms with Crippen LogP contribution < -0.4 is 11.5 Å². The maximum atomic E-state index is 11.2. The largest absolute Gasteiger partial charge is 0.480 e. The van der Waals surface area contributed by atoms with E-state index in [-0.39, 0.29) is 18.4 Å². The number of aromatic nitrogens is 2. The van der Waals surface area contributed by atoms with Gasteiger partial charge in [-0.1, -0.05) is 36.4 Å². The van der Waals surface area contributed by atoms with Gasteiger partial charge in [0.1, 0.15) is 12.1 Å². The number of carboxylic acids is 1. The first-order valence-corrected chi connectivity index (χ1v) is 13.5. The second-order valence-electron chi connectivity index (χ2n) is 7.39. The molecule has 0 aliphatic heterocycles. The molecule has 10 nitrogen and oxygen atoms in total. The molecule has 4 aromatic rings. The lowest BCUT2D eigenvalue weighted by Crippen LogP contribution is -2.33. The molecule has 38 heavy (non-hydrogen) atoms. The number of carbonyl (C=O) groups excluding carboxylic acids is 1. The van der Waals surface area contributed by atoms with Crippen LogP contribution in [0.4, 0.5) is 0 Å². The van der Waals surface area contributed by atoms with Gasteiger partial charge in [0.25, 0.3) is 0 Å². The predicted octanol–water partition coefficient (Wildman–Crippen LogP) is 3.41. The van der Waals surface area contributed by atoms with Crippen molar-refractivity contribution in [3.05, 3.63) is 72.1 Å². The van der Waals surface area contributed by atoms with Crippen LogP contribution in [0.3, 0.4) is 0 Å². The Morgan fingerprint density at radius 2 is 1.26 bits per heavy atom. The number of ether oxygens (including phenoxy) is 1. The first-order valence-electron chi connectivity index (χ1n) is 10.7. The highest BCUT2D eigenvalue weighted by molar-refractivity contribution is 8.26. The van der Waals surface area contributed by atoms with Crippen LogP contribution in [-0.4, -0.2) is 62.6 Å². The van der Waals surface area contributed by atoms with Crippen LogP contribution in [0.15, 0.2) is 60.9 Å². The van der Waals surface area contributed by atoms with Crippen molar-refractivity contribution >= 4 is 76.7 Å². The number of nitrogens with one attached hydrogen (secondary N) is 2. The van der Waals surface area contributed by atoms with Crippen LogP contribution in [0.5, 0.6) is 0 Å². The lowest BCUT2D eigenvalue weighted by Gasteiger charge is -2.07. The number of halogens is 3. The van der Waals surface area contributed by atoms with Gasteiger partial charge in [-0.3, -0.25) is 9.59 Å². The van der Waals surface area contributed by atoms with Gasteiger partial charge in [0, 0.05) is 75.5 Å². The third-order valence-electron chi connectivity index (χ3n) is 5.05. The molecule has 0 aliphatic carbocycles. The fourth-order valence-electron chi connectivity index (χ4n) is 3.40. The summed E-state index contributed by atoms with van der Waals surface area (Å²) in [4.78, 5) is 28.1. The molecular formula is C24H31Cl3N4O6S. The van der Waals surface area contributed by atoms with E-state index in [2.05, 4.69) is 36.1 Å². The molecule has 0 radical (unpaired) electrons. The molecule has 0 saturated heterocycles. The summed E-state index contributed by atoms with van der Waals surface area (Å²) in [7, 11) is 9.70. The number of esters is 1. The van der Waals surface area contributed by atoms with Crippen LogP contribution >= 0.6 is 33.8 Å². The molecule has 0 bridgehead atoms. The van der Waals surface area contributed by atoms with E-state index in [1.807, 2.05) is 60.9 Å². The summed E-state index contributed by atoms with van der Waals surface area (Å²) in [5.74, 6) is -1.36. The summed E-state index contributed by atoms with van der Waals surface area (Å²) in [6, 6.07) is 14.2. The van der Waals surface area contributed by atoms with Crippen molar-refractivity contribution in [1.82, 2.24) is 9.97 Å². The van der Waals surface area contributed by atoms with Crippen molar-refractivity contribution in [2.24, 2.45) is 11.5 Å². The first-order chi connectivity index (χ1) is 17.6. The van der Waals surface area contributed by atoms with Gasteiger partial charge < -0.3 is 36.4 Å². The van der Waals surface area contributed by atoms with Gasteiger partial charge >= 0.3 is 11.9 Å². The molecule has 14 heteroatoms. The average molecular weight is 610 g/mol. The topological polar surface area (TPSA) is 185 Å². The number of aliphatic hydroxyl groups is 1. The third-order valence-corrected chi connectivity index (χ3v) is 5.05. The Bertz CT molecular complexity index is 1300. The van der Waals surface area contributed by atoms with E-state index in [0.29, 0.717) is 12.8 Å². The molecule has 2 aromatic carbocycles. The maximum absolute atomic E-state index is 11.2. The quantitative estimate of drug-likeness (QED) is 0.142. The average Bonchev–Trinajstić information content (AvgIpc) is 3.49. The Balaban J connectivity index is 0.000000586. The highest BCUT2D eigenvalue weighted by atomic mass is 36.0. The molecule has 1 unspecified atom stereocenters. The standard InChI is InChI=1S/C12H14N2O2.C11H12N2O2.CH4O.Cl2OS.ClH/c1-16-12(15)10(13)6-8-7-14-11-5-3-2-4-9(8)11;12-9(11(14)15)5-7-6-13-10-4-2-1-3-8(7)10;1-2;1-4(2)3;/h2-5,7,10,14H,6,13H2,1H3;1-4,6,9,13H,5,12H2,(H,14,15);2H,1H3;;1H/t10-;;;;/m0..../s1. The zero-order valence-corrected chi connectivity index (χ0v) is 23.7. The minimum atomic E-state index is -1.67. The molecule has 0 fully saturated rings. The van der Waals surface area contributed by atoms with E-state index in [1.54, 1.807) is 0 Å². The SMILES string of the molecule is CO.COC(=O)[C@@H](N)Cc1c[nH]c2ccccc12.Cl.NC(Cc1c[nH]c2ccccc12)C(=O)O.O=S(Cl)Cl. The van der Waals surface area contributed by atoms with E-state index in [9.17, 15) is 9.59 Å².